The second-order valence-corrected chi connectivity index (χ2v) is 6.82. The van der Waals surface area contributed by atoms with Gasteiger partial charge in [0.1, 0.15) is 0 Å². The Morgan fingerprint density at radius 3 is 2.44 bits per heavy atom. The van der Waals surface area contributed by atoms with E-state index in [9.17, 15) is 0 Å². The summed E-state index contributed by atoms with van der Waals surface area (Å²) in [4.78, 5) is 2.75. The molecular weight excluding hydrogens is 220 g/mol. The fraction of sp³-hybridized carbons (Fsp3) is 1.00. The molecule has 2 unspecified atom stereocenters. The molecule has 2 aliphatic carbocycles. The zero-order valence-electron chi connectivity index (χ0n) is 12.5. The van der Waals surface area contributed by atoms with E-state index in [2.05, 4.69) is 18.7 Å². The van der Waals surface area contributed by atoms with Gasteiger partial charge in [0.05, 0.1) is 0 Å². The van der Waals surface area contributed by atoms with Crippen molar-refractivity contribution in [3.63, 3.8) is 0 Å². The van der Waals surface area contributed by atoms with Crippen LogP contribution in [0.4, 0.5) is 0 Å². The predicted molar refractivity (Wildman–Crippen MR) is 78.6 cm³/mol. The Labute approximate surface area is 113 Å². The van der Waals surface area contributed by atoms with Crippen molar-refractivity contribution in [2.24, 2.45) is 17.6 Å². The molecule has 2 N–H and O–H groups in total. The summed E-state index contributed by atoms with van der Waals surface area (Å²) in [5, 5.41) is 0. The average molecular weight is 252 g/mol. The van der Waals surface area contributed by atoms with Crippen molar-refractivity contribution in [1.29, 1.82) is 0 Å². The van der Waals surface area contributed by atoms with Crippen LogP contribution in [0.1, 0.15) is 65.2 Å². The summed E-state index contributed by atoms with van der Waals surface area (Å²) in [5.74, 6) is 1.81. The molecule has 0 radical (unpaired) electrons. The maximum Gasteiger partial charge on any atom is 0.0334 e. The Morgan fingerprint density at radius 1 is 1.17 bits per heavy atom. The minimum Gasteiger partial charge on any atom is -0.329 e. The molecule has 2 nitrogen and oxygen atoms in total. The molecule has 2 atom stereocenters. The lowest BCUT2D eigenvalue weighted by atomic mass is 9.75. The lowest BCUT2D eigenvalue weighted by Crippen LogP contribution is -2.57. The number of hydrogen-bond donors (Lipinski definition) is 1. The van der Waals surface area contributed by atoms with Gasteiger partial charge in [0.15, 0.2) is 0 Å². The Kier molecular flexibility index (Phi) is 5.08. The van der Waals surface area contributed by atoms with Crippen molar-refractivity contribution < 1.29 is 0 Å². The zero-order valence-corrected chi connectivity index (χ0v) is 12.5. The lowest BCUT2D eigenvalue weighted by molar-refractivity contribution is 0.0313. The van der Waals surface area contributed by atoms with E-state index in [-0.39, 0.29) is 0 Å². The van der Waals surface area contributed by atoms with Crippen LogP contribution in [-0.4, -0.2) is 30.1 Å². The second kappa shape index (κ2) is 6.38. The van der Waals surface area contributed by atoms with Gasteiger partial charge in [-0.2, -0.15) is 0 Å². The maximum atomic E-state index is 6.21. The first kappa shape index (κ1) is 14.3. The van der Waals surface area contributed by atoms with E-state index >= 15 is 0 Å². The second-order valence-electron chi connectivity index (χ2n) is 6.82. The Bertz CT molecular complexity index is 247. The molecule has 18 heavy (non-hydrogen) atoms. The van der Waals surface area contributed by atoms with Crippen LogP contribution >= 0.6 is 0 Å². The summed E-state index contributed by atoms with van der Waals surface area (Å²) in [6, 6.07) is 0. The van der Waals surface area contributed by atoms with E-state index in [1.165, 1.54) is 64.5 Å². The first-order valence-electron chi connectivity index (χ1n) is 8.15. The molecule has 2 heteroatoms. The highest BCUT2D eigenvalue weighted by Gasteiger charge is 2.39. The van der Waals surface area contributed by atoms with Crippen molar-refractivity contribution in [3.8, 4) is 0 Å². The van der Waals surface area contributed by atoms with E-state index in [0.717, 1.165) is 18.4 Å². The summed E-state index contributed by atoms with van der Waals surface area (Å²) in [6.07, 6.45) is 11.2. The van der Waals surface area contributed by atoms with Crippen molar-refractivity contribution in [3.05, 3.63) is 0 Å². The van der Waals surface area contributed by atoms with Crippen LogP contribution in [-0.2, 0) is 0 Å². The van der Waals surface area contributed by atoms with Crippen LogP contribution < -0.4 is 5.73 Å². The van der Waals surface area contributed by atoms with Gasteiger partial charge in [0, 0.05) is 18.6 Å². The standard InChI is InChI=1S/C16H32N2/c1-3-18(12-15-8-4-5-9-15)16(13-17)10-6-7-14(2)11-16/h14-15H,3-13,17H2,1-2H3. The molecule has 0 aromatic heterocycles. The normalized spacial score (nSPS) is 34.3. The molecule has 2 rings (SSSR count). The molecule has 2 aliphatic rings. The minimum absolute atomic E-state index is 0.328. The number of rotatable bonds is 5. The van der Waals surface area contributed by atoms with Crippen molar-refractivity contribution in [2.75, 3.05) is 19.6 Å². The molecule has 0 aromatic rings. The van der Waals surface area contributed by atoms with Crippen LogP contribution in [0, 0.1) is 11.8 Å². The molecule has 0 amide bonds. The topological polar surface area (TPSA) is 29.3 Å². The smallest absolute Gasteiger partial charge is 0.0334 e. The Morgan fingerprint density at radius 2 is 1.89 bits per heavy atom. The number of nitrogens with zero attached hydrogens (tertiary/aromatic N) is 1. The molecule has 2 fully saturated rings. The third-order valence-corrected chi connectivity index (χ3v) is 5.45. The SMILES string of the molecule is CCN(CC1CCCC1)C1(CN)CCCC(C)C1. The molecule has 106 valence electrons. The van der Waals surface area contributed by atoms with Crippen LogP contribution in [0.5, 0.6) is 0 Å². The minimum atomic E-state index is 0.328. The highest BCUT2D eigenvalue weighted by Crippen LogP contribution is 2.38. The molecule has 0 aliphatic heterocycles. The van der Waals surface area contributed by atoms with Gasteiger partial charge in [-0.05, 0) is 44.1 Å². The fourth-order valence-corrected chi connectivity index (χ4v) is 4.40. The van der Waals surface area contributed by atoms with E-state index in [1.54, 1.807) is 0 Å². The predicted octanol–water partition coefficient (Wildman–Crippen LogP) is 3.41. The molecule has 0 spiro atoms. The monoisotopic (exact) mass is 252 g/mol. The molecule has 0 bridgehead atoms. The third kappa shape index (κ3) is 3.08. The van der Waals surface area contributed by atoms with Crippen LogP contribution in [0.15, 0.2) is 0 Å². The van der Waals surface area contributed by atoms with E-state index in [4.69, 9.17) is 5.73 Å². The first-order chi connectivity index (χ1) is 8.70. The maximum absolute atomic E-state index is 6.21. The van der Waals surface area contributed by atoms with Crippen LogP contribution in [0.25, 0.3) is 0 Å². The van der Waals surface area contributed by atoms with Gasteiger partial charge < -0.3 is 5.73 Å². The number of likely N-dealkylation sites (N-methyl/N-ethyl adjacent to an activating group) is 1. The van der Waals surface area contributed by atoms with Gasteiger partial charge in [0.2, 0.25) is 0 Å². The van der Waals surface area contributed by atoms with Crippen LogP contribution in [0.2, 0.25) is 0 Å². The number of hydrogen-bond acceptors (Lipinski definition) is 2. The summed E-state index contributed by atoms with van der Waals surface area (Å²) in [5.41, 5.74) is 6.54. The largest absolute Gasteiger partial charge is 0.329 e. The quantitative estimate of drug-likeness (QED) is 0.812. The zero-order chi connectivity index (χ0) is 13.0. The Balaban J connectivity index is 2.02. The van der Waals surface area contributed by atoms with Gasteiger partial charge in [-0.1, -0.05) is 39.5 Å². The summed E-state index contributed by atoms with van der Waals surface area (Å²) in [6.45, 7) is 8.08. The average Bonchev–Trinajstić information content (AvgIpc) is 2.88. The van der Waals surface area contributed by atoms with Gasteiger partial charge in [0.25, 0.3) is 0 Å². The molecule has 0 saturated heterocycles. The van der Waals surface area contributed by atoms with Gasteiger partial charge in [-0.15, -0.1) is 0 Å². The summed E-state index contributed by atoms with van der Waals surface area (Å²) >= 11 is 0. The van der Waals surface area contributed by atoms with E-state index in [1.807, 2.05) is 0 Å². The van der Waals surface area contributed by atoms with E-state index in [0.29, 0.717) is 5.54 Å². The summed E-state index contributed by atoms with van der Waals surface area (Å²) in [7, 11) is 0. The number of nitrogens with two attached hydrogens (primary N) is 1. The third-order valence-electron chi connectivity index (χ3n) is 5.45. The molecule has 0 aromatic carbocycles. The highest BCUT2D eigenvalue weighted by atomic mass is 15.2. The van der Waals surface area contributed by atoms with Crippen molar-refractivity contribution >= 4 is 0 Å². The summed E-state index contributed by atoms with van der Waals surface area (Å²) < 4.78 is 0. The van der Waals surface area contributed by atoms with Crippen molar-refractivity contribution in [1.82, 2.24) is 4.90 Å². The van der Waals surface area contributed by atoms with Gasteiger partial charge >= 0.3 is 0 Å². The fourth-order valence-electron chi connectivity index (χ4n) is 4.40. The molecular formula is C16H32N2. The van der Waals surface area contributed by atoms with Gasteiger partial charge in [-0.25, -0.2) is 0 Å². The van der Waals surface area contributed by atoms with Crippen LogP contribution in [0.3, 0.4) is 0 Å². The van der Waals surface area contributed by atoms with Gasteiger partial charge in [-0.3, -0.25) is 4.90 Å². The van der Waals surface area contributed by atoms with E-state index < -0.39 is 0 Å². The molecule has 0 heterocycles. The first-order valence-corrected chi connectivity index (χ1v) is 8.15. The Hall–Kier alpha value is -0.0800. The van der Waals surface area contributed by atoms with Crippen molar-refractivity contribution in [2.45, 2.75) is 70.8 Å². The lowest BCUT2D eigenvalue weighted by Gasteiger charge is -2.48. The molecule has 2 saturated carbocycles. The highest BCUT2D eigenvalue weighted by molar-refractivity contribution is 4.96.